The SMILES string of the molecule is CC(=N)N1CCC(CNC(=O)C(C2CCCCC2)N(CC(Cc2ccc(C(=N)NO)cc2)c2cccc(C(F)(F)F)c2)C(=O)C(F)(F)F)CC1. The van der Waals surface area contributed by atoms with Gasteiger partial charge in [-0.15, -0.1) is 0 Å². The number of amidine groups is 2. The van der Waals surface area contributed by atoms with Crippen LogP contribution in [-0.4, -0.2) is 76.9 Å². The Morgan fingerprint density at radius 3 is 2.16 bits per heavy atom. The Labute approximate surface area is 287 Å². The first kappa shape index (κ1) is 38.7. The average molecular weight is 711 g/mol. The maximum atomic E-state index is 14.4. The van der Waals surface area contributed by atoms with Gasteiger partial charge in [-0.3, -0.25) is 31.1 Å². The molecule has 4 rings (SSSR count). The third-order valence-electron chi connectivity index (χ3n) is 9.80. The molecule has 1 aliphatic carbocycles. The zero-order valence-corrected chi connectivity index (χ0v) is 27.8. The van der Waals surface area contributed by atoms with Crippen molar-refractivity contribution in [3.05, 3.63) is 70.8 Å². The first-order valence-corrected chi connectivity index (χ1v) is 16.8. The van der Waals surface area contributed by atoms with Crippen molar-refractivity contribution in [3.63, 3.8) is 0 Å². The van der Waals surface area contributed by atoms with Crippen LogP contribution >= 0.6 is 0 Å². The van der Waals surface area contributed by atoms with E-state index in [0.717, 1.165) is 24.6 Å². The molecule has 50 heavy (non-hydrogen) atoms. The molecule has 1 heterocycles. The zero-order valence-electron chi connectivity index (χ0n) is 27.8. The standard InChI is InChI=1S/C35H44F6N6O3/c1-22(42)46-16-14-24(15-17-46)20-44-32(48)30(25-6-3-2-4-7-25)47(33(49)35(39,40)41)21-28(27-8-5-9-29(19-27)34(36,37)38)18-23-10-12-26(13-11-23)31(43)45-50/h5,8-13,19,24-25,28,30,42,50H,2-4,6-7,14-18,20-21H2,1H3,(H2,43,45)(H,44,48). The van der Waals surface area contributed by atoms with Gasteiger partial charge < -0.3 is 15.1 Å². The molecule has 1 saturated carbocycles. The predicted molar refractivity (Wildman–Crippen MR) is 175 cm³/mol. The van der Waals surface area contributed by atoms with Crippen molar-refractivity contribution in [3.8, 4) is 0 Å². The van der Waals surface area contributed by atoms with Crippen molar-refractivity contribution >= 4 is 23.5 Å². The Morgan fingerprint density at radius 1 is 0.960 bits per heavy atom. The van der Waals surface area contributed by atoms with Crippen molar-refractivity contribution in [2.75, 3.05) is 26.2 Å². The number of alkyl halides is 6. The van der Waals surface area contributed by atoms with Gasteiger partial charge in [-0.1, -0.05) is 61.7 Å². The second-order valence-corrected chi connectivity index (χ2v) is 13.3. The lowest BCUT2D eigenvalue weighted by Crippen LogP contribution is -2.58. The number of rotatable bonds is 11. The Bertz CT molecular complexity index is 1480. The fourth-order valence-electron chi connectivity index (χ4n) is 7.02. The second kappa shape index (κ2) is 16.7. The summed E-state index contributed by atoms with van der Waals surface area (Å²) in [6, 6.07) is 8.75. The number of carbonyl (C=O) groups is 2. The van der Waals surface area contributed by atoms with Crippen LogP contribution < -0.4 is 10.8 Å². The maximum absolute atomic E-state index is 14.4. The number of likely N-dealkylation sites (tertiary alicyclic amines) is 1. The van der Waals surface area contributed by atoms with E-state index in [0.29, 0.717) is 67.9 Å². The number of piperidine rings is 1. The van der Waals surface area contributed by atoms with Crippen LogP contribution in [0.1, 0.15) is 80.0 Å². The Kier molecular flexibility index (Phi) is 12.9. The monoisotopic (exact) mass is 710 g/mol. The van der Waals surface area contributed by atoms with E-state index >= 15 is 0 Å². The molecular formula is C35H44F6N6O3. The quantitative estimate of drug-likeness (QED) is 0.0787. The number of hydrogen-bond acceptors (Lipinski definition) is 5. The number of nitrogens with zero attached hydrogens (tertiary/aromatic N) is 2. The van der Waals surface area contributed by atoms with Gasteiger partial charge in [0, 0.05) is 37.7 Å². The fraction of sp³-hybridized carbons (Fsp3) is 0.543. The number of amides is 2. The third-order valence-corrected chi connectivity index (χ3v) is 9.80. The van der Waals surface area contributed by atoms with Gasteiger partial charge in [0.25, 0.3) is 0 Å². The molecule has 2 aromatic rings. The van der Waals surface area contributed by atoms with Gasteiger partial charge in [0.1, 0.15) is 11.9 Å². The third kappa shape index (κ3) is 10.2. The first-order chi connectivity index (χ1) is 23.6. The number of halogens is 6. The highest BCUT2D eigenvalue weighted by molar-refractivity contribution is 5.95. The van der Waals surface area contributed by atoms with E-state index in [1.165, 1.54) is 30.3 Å². The molecule has 2 aromatic carbocycles. The van der Waals surface area contributed by atoms with Gasteiger partial charge in [0.05, 0.1) is 11.4 Å². The molecule has 2 fully saturated rings. The molecule has 274 valence electrons. The van der Waals surface area contributed by atoms with Crippen molar-refractivity contribution < 1.29 is 41.1 Å². The van der Waals surface area contributed by atoms with Gasteiger partial charge in [-0.05, 0) is 68.1 Å². The van der Waals surface area contributed by atoms with Gasteiger partial charge in [0.2, 0.25) is 5.91 Å². The summed E-state index contributed by atoms with van der Waals surface area (Å²) in [5, 5.41) is 27.5. The summed E-state index contributed by atoms with van der Waals surface area (Å²) in [4.78, 5) is 29.8. The van der Waals surface area contributed by atoms with Crippen LogP contribution in [0.4, 0.5) is 26.3 Å². The van der Waals surface area contributed by atoms with Gasteiger partial charge in [-0.2, -0.15) is 26.3 Å². The molecule has 2 aliphatic rings. The summed E-state index contributed by atoms with van der Waals surface area (Å²) >= 11 is 0. The molecule has 1 saturated heterocycles. The lowest BCUT2D eigenvalue weighted by atomic mass is 9.81. The second-order valence-electron chi connectivity index (χ2n) is 13.3. The number of carbonyl (C=O) groups excluding carboxylic acids is 2. The smallest absolute Gasteiger partial charge is 0.361 e. The van der Waals surface area contributed by atoms with Crippen LogP contribution in [0.25, 0.3) is 0 Å². The minimum Gasteiger partial charge on any atom is -0.361 e. The minimum atomic E-state index is -5.36. The fourth-order valence-corrected chi connectivity index (χ4v) is 7.02. The minimum absolute atomic E-state index is 0.0247. The Balaban J connectivity index is 1.71. The molecular weight excluding hydrogens is 666 g/mol. The van der Waals surface area contributed by atoms with Crippen LogP contribution in [0, 0.1) is 22.7 Å². The molecule has 0 bridgehead atoms. The topological polar surface area (TPSA) is 133 Å². The highest BCUT2D eigenvalue weighted by atomic mass is 19.4. The molecule has 5 N–H and O–H groups in total. The molecule has 9 nitrogen and oxygen atoms in total. The average Bonchev–Trinajstić information content (AvgIpc) is 3.09. The first-order valence-electron chi connectivity index (χ1n) is 16.8. The van der Waals surface area contributed by atoms with Crippen LogP contribution in [0.2, 0.25) is 0 Å². The van der Waals surface area contributed by atoms with Crippen molar-refractivity contribution in [1.29, 1.82) is 10.8 Å². The molecule has 0 radical (unpaired) electrons. The van der Waals surface area contributed by atoms with Crippen LogP contribution in [-0.2, 0) is 22.2 Å². The van der Waals surface area contributed by atoms with Crippen LogP contribution in [0.3, 0.4) is 0 Å². The van der Waals surface area contributed by atoms with E-state index in [9.17, 15) is 35.9 Å². The van der Waals surface area contributed by atoms with Crippen molar-refractivity contribution in [1.82, 2.24) is 20.6 Å². The normalized spacial score (nSPS) is 17.5. The summed E-state index contributed by atoms with van der Waals surface area (Å²) in [6.45, 7) is 2.41. The molecule has 0 spiro atoms. The van der Waals surface area contributed by atoms with Crippen LogP contribution in [0.5, 0.6) is 0 Å². The molecule has 1 aliphatic heterocycles. The molecule has 15 heteroatoms. The summed E-state index contributed by atoms with van der Waals surface area (Å²) < 4.78 is 84.6. The van der Waals surface area contributed by atoms with Gasteiger partial charge in [0.15, 0.2) is 0 Å². The number of hydroxylamine groups is 1. The van der Waals surface area contributed by atoms with Crippen molar-refractivity contribution in [2.45, 2.75) is 82.6 Å². The number of hydrogen-bond donors (Lipinski definition) is 5. The molecule has 0 aromatic heterocycles. The molecule has 2 atom stereocenters. The van der Waals surface area contributed by atoms with Gasteiger partial charge >= 0.3 is 18.3 Å². The number of benzene rings is 2. The lowest BCUT2D eigenvalue weighted by Gasteiger charge is -2.40. The summed E-state index contributed by atoms with van der Waals surface area (Å²) in [5.74, 6) is -4.48. The summed E-state index contributed by atoms with van der Waals surface area (Å²) in [6.07, 6.45) is -5.88. The summed E-state index contributed by atoms with van der Waals surface area (Å²) in [5.41, 5.74) is 1.53. The van der Waals surface area contributed by atoms with Crippen molar-refractivity contribution in [2.24, 2.45) is 11.8 Å². The Morgan fingerprint density at radius 2 is 1.60 bits per heavy atom. The van der Waals surface area contributed by atoms with E-state index < -0.39 is 54.2 Å². The van der Waals surface area contributed by atoms with E-state index in [-0.39, 0.29) is 35.8 Å². The van der Waals surface area contributed by atoms with E-state index in [1.807, 2.05) is 4.90 Å². The Hall–Kier alpha value is -4.14. The lowest BCUT2D eigenvalue weighted by molar-refractivity contribution is -0.190. The van der Waals surface area contributed by atoms with Crippen LogP contribution in [0.15, 0.2) is 48.5 Å². The highest BCUT2D eigenvalue weighted by Gasteiger charge is 2.49. The molecule has 2 unspecified atom stereocenters. The van der Waals surface area contributed by atoms with E-state index in [1.54, 1.807) is 12.4 Å². The highest BCUT2D eigenvalue weighted by Crippen LogP contribution is 2.36. The van der Waals surface area contributed by atoms with E-state index in [2.05, 4.69) is 5.32 Å². The van der Waals surface area contributed by atoms with E-state index in [4.69, 9.17) is 16.0 Å². The zero-order chi connectivity index (χ0) is 36.6. The predicted octanol–water partition coefficient (Wildman–Crippen LogP) is 6.50. The summed E-state index contributed by atoms with van der Waals surface area (Å²) in [7, 11) is 0. The maximum Gasteiger partial charge on any atom is 0.471 e. The van der Waals surface area contributed by atoms with Gasteiger partial charge in [-0.25, -0.2) is 0 Å². The largest absolute Gasteiger partial charge is 0.471 e. The number of nitrogens with one attached hydrogen (secondary N) is 4. The molecule has 2 amide bonds.